The molecule has 1 amide bonds. The molecule has 0 saturated heterocycles. The lowest BCUT2D eigenvalue weighted by Gasteiger charge is -2.34. The molecule has 8 nitrogen and oxygen atoms in total. The zero-order valence-electron chi connectivity index (χ0n) is 16.2. The molecule has 1 unspecified atom stereocenters. The largest absolute Gasteiger partial charge is 0.354 e. The molecule has 146 valence electrons. The Morgan fingerprint density at radius 3 is 2.79 bits per heavy atom. The van der Waals surface area contributed by atoms with Crippen LogP contribution in [0.25, 0.3) is 11.5 Å². The summed E-state index contributed by atoms with van der Waals surface area (Å²) in [5.41, 5.74) is 4.39. The lowest BCUT2D eigenvalue weighted by atomic mass is 9.86. The first-order valence-corrected chi connectivity index (χ1v) is 9.41. The highest BCUT2D eigenvalue weighted by Crippen LogP contribution is 2.34. The molecule has 3 aromatic heterocycles. The van der Waals surface area contributed by atoms with E-state index < -0.39 is 0 Å². The fourth-order valence-corrected chi connectivity index (χ4v) is 3.87. The summed E-state index contributed by atoms with van der Waals surface area (Å²) in [5.74, 6) is 0.397. The highest BCUT2D eigenvalue weighted by atomic mass is 16.5. The standard InChI is InChI=1S/C21H20N6O2/c1-25-8-7-18(23-25)20-9-19(24-29-20)21(28)27-12-14-5-3-4-6-16(14)17(13-27)15-10-22-26(2)11-15/h3-11,17H,12-13H2,1-2H3. The summed E-state index contributed by atoms with van der Waals surface area (Å²) < 4.78 is 8.84. The van der Waals surface area contributed by atoms with Crippen LogP contribution < -0.4 is 0 Å². The molecule has 1 aliphatic rings. The van der Waals surface area contributed by atoms with Crippen LogP contribution in [0.2, 0.25) is 0 Å². The van der Waals surface area contributed by atoms with Crippen LogP contribution in [0.1, 0.15) is 33.1 Å². The minimum absolute atomic E-state index is 0.0692. The second kappa shape index (κ2) is 6.73. The van der Waals surface area contributed by atoms with Crippen molar-refractivity contribution in [2.24, 2.45) is 14.1 Å². The van der Waals surface area contributed by atoms with Crippen molar-refractivity contribution < 1.29 is 9.32 Å². The van der Waals surface area contributed by atoms with Crippen molar-refractivity contribution in [2.75, 3.05) is 6.54 Å². The lowest BCUT2D eigenvalue weighted by Crippen LogP contribution is -2.38. The third-order valence-corrected chi connectivity index (χ3v) is 5.30. The van der Waals surface area contributed by atoms with Gasteiger partial charge in [0.2, 0.25) is 0 Å². The van der Waals surface area contributed by atoms with Gasteiger partial charge in [-0.15, -0.1) is 0 Å². The Bertz CT molecular complexity index is 1190. The third-order valence-electron chi connectivity index (χ3n) is 5.30. The number of amides is 1. The summed E-state index contributed by atoms with van der Waals surface area (Å²) in [4.78, 5) is 15.0. The van der Waals surface area contributed by atoms with Gasteiger partial charge in [-0.1, -0.05) is 29.4 Å². The van der Waals surface area contributed by atoms with Gasteiger partial charge in [0, 0.05) is 51.6 Å². The molecule has 0 N–H and O–H groups in total. The minimum Gasteiger partial charge on any atom is -0.354 e. The van der Waals surface area contributed by atoms with Crippen LogP contribution in [-0.4, -0.2) is 42.1 Å². The number of fused-ring (bicyclic) bond motifs is 1. The molecule has 0 radical (unpaired) electrons. The summed E-state index contributed by atoms with van der Waals surface area (Å²) in [6.45, 7) is 1.10. The topological polar surface area (TPSA) is 82.0 Å². The average molecular weight is 388 g/mol. The number of carbonyl (C=O) groups is 1. The van der Waals surface area contributed by atoms with Crippen molar-refractivity contribution in [3.8, 4) is 11.5 Å². The molecule has 0 bridgehead atoms. The van der Waals surface area contributed by atoms with E-state index in [1.807, 2.05) is 55.8 Å². The summed E-state index contributed by atoms with van der Waals surface area (Å²) in [5, 5.41) is 12.6. The molecular weight excluding hydrogens is 368 g/mol. The minimum atomic E-state index is -0.153. The van der Waals surface area contributed by atoms with Crippen LogP contribution in [0.3, 0.4) is 0 Å². The Balaban J connectivity index is 1.45. The van der Waals surface area contributed by atoms with Crippen LogP contribution in [0.4, 0.5) is 0 Å². The van der Waals surface area contributed by atoms with Crippen LogP contribution in [0, 0.1) is 0 Å². The summed E-state index contributed by atoms with van der Waals surface area (Å²) in [6.07, 6.45) is 5.69. The first-order chi connectivity index (χ1) is 14.1. The van der Waals surface area contributed by atoms with E-state index in [1.54, 1.807) is 15.4 Å². The average Bonchev–Trinajstić information content (AvgIpc) is 3.47. The molecule has 8 heteroatoms. The van der Waals surface area contributed by atoms with E-state index >= 15 is 0 Å². The number of hydrogen-bond donors (Lipinski definition) is 0. The molecule has 1 aromatic carbocycles. The molecule has 0 aliphatic carbocycles. The Hall–Kier alpha value is -3.68. The fourth-order valence-electron chi connectivity index (χ4n) is 3.87. The van der Waals surface area contributed by atoms with E-state index in [1.165, 1.54) is 5.56 Å². The number of carbonyl (C=O) groups excluding carboxylic acids is 1. The Kier molecular flexibility index (Phi) is 4.04. The van der Waals surface area contributed by atoms with Gasteiger partial charge in [-0.25, -0.2) is 0 Å². The summed E-state index contributed by atoms with van der Waals surface area (Å²) >= 11 is 0. The second-order valence-electron chi connectivity index (χ2n) is 7.34. The van der Waals surface area contributed by atoms with Crippen molar-refractivity contribution in [3.63, 3.8) is 0 Å². The van der Waals surface area contributed by atoms with E-state index in [-0.39, 0.29) is 17.5 Å². The predicted molar refractivity (Wildman–Crippen MR) is 105 cm³/mol. The summed E-state index contributed by atoms with van der Waals surface area (Å²) in [7, 11) is 3.73. The van der Waals surface area contributed by atoms with Gasteiger partial charge in [0.15, 0.2) is 11.5 Å². The number of benzene rings is 1. The molecule has 0 spiro atoms. The predicted octanol–water partition coefficient (Wildman–Crippen LogP) is 2.60. The number of aryl methyl sites for hydroxylation is 2. The van der Waals surface area contributed by atoms with E-state index in [0.29, 0.717) is 24.5 Å². The van der Waals surface area contributed by atoms with Crippen LogP contribution in [-0.2, 0) is 20.6 Å². The number of aromatic nitrogens is 5. The van der Waals surface area contributed by atoms with Gasteiger partial charge in [0.25, 0.3) is 5.91 Å². The normalized spacial score (nSPS) is 16.1. The molecule has 5 rings (SSSR count). The Labute approximate surface area is 167 Å². The highest BCUT2D eigenvalue weighted by Gasteiger charge is 2.31. The molecule has 4 heterocycles. The maximum atomic E-state index is 13.2. The van der Waals surface area contributed by atoms with Gasteiger partial charge >= 0.3 is 0 Å². The van der Waals surface area contributed by atoms with Crippen LogP contribution in [0.5, 0.6) is 0 Å². The van der Waals surface area contributed by atoms with Crippen LogP contribution in [0.15, 0.2) is 59.5 Å². The lowest BCUT2D eigenvalue weighted by molar-refractivity contribution is 0.0714. The van der Waals surface area contributed by atoms with E-state index in [4.69, 9.17) is 4.52 Å². The molecule has 1 atom stereocenters. The van der Waals surface area contributed by atoms with Crippen molar-refractivity contribution in [1.29, 1.82) is 0 Å². The van der Waals surface area contributed by atoms with Gasteiger partial charge in [0.1, 0.15) is 5.69 Å². The van der Waals surface area contributed by atoms with E-state index in [2.05, 4.69) is 27.5 Å². The van der Waals surface area contributed by atoms with E-state index in [9.17, 15) is 4.79 Å². The molecule has 29 heavy (non-hydrogen) atoms. The Morgan fingerprint density at radius 2 is 2.03 bits per heavy atom. The molecule has 0 saturated carbocycles. The van der Waals surface area contributed by atoms with Gasteiger partial charge in [-0.2, -0.15) is 10.2 Å². The van der Waals surface area contributed by atoms with Gasteiger partial charge in [0.05, 0.1) is 6.20 Å². The number of rotatable bonds is 3. The quantitative estimate of drug-likeness (QED) is 0.539. The maximum absolute atomic E-state index is 13.2. The van der Waals surface area contributed by atoms with Crippen LogP contribution >= 0.6 is 0 Å². The van der Waals surface area contributed by atoms with Gasteiger partial charge in [-0.05, 0) is 22.8 Å². The molecule has 4 aromatic rings. The second-order valence-corrected chi connectivity index (χ2v) is 7.34. The van der Waals surface area contributed by atoms with Gasteiger partial charge < -0.3 is 9.42 Å². The molecule has 1 aliphatic heterocycles. The smallest absolute Gasteiger partial charge is 0.276 e. The van der Waals surface area contributed by atoms with Crippen molar-refractivity contribution in [1.82, 2.24) is 29.6 Å². The zero-order valence-corrected chi connectivity index (χ0v) is 16.2. The van der Waals surface area contributed by atoms with Crippen molar-refractivity contribution >= 4 is 5.91 Å². The zero-order chi connectivity index (χ0) is 20.0. The SMILES string of the molecule is Cn1cc(C2CN(C(=O)c3cc(-c4ccn(C)n4)on3)Cc3ccccc32)cn1. The third kappa shape index (κ3) is 3.12. The molecule has 0 fully saturated rings. The number of nitrogens with zero attached hydrogens (tertiary/aromatic N) is 6. The number of hydrogen-bond acceptors (Lipinski definition) is 5. The Morgan fingerprint density at radius 1 is 1.17 bits per heavy atom. The summed E-state index contributed by atoms with van der Waals surface area (Å²) in [6, 6.07) is 11.7. The maximum Gasteiger partial charge on any atom is 0.276 e. The highest BCUT2D eigenvalue weighted by molar-refractivity contribution is 5.93. The van der Waals surface area contributed by atoms with Gasteiger partial charge in [-0.3, -0.25) is 14.2 Å². The fraction of sp³-hybridized carbons (Fsp3) is 0.238. The van der Waals surface area contributed by atoms with Crippen molar-refractivity contribution in [2.45, 2.75) is 12.5 Å². The first-order valence-electron chi connectivity index (χ1n) is 9.41. The van der Waals surface area contributed by atoms with Crippen molar-refractivity contribution in [3.05, 3.63) is 77.4 Å². The molecular formula is C21H20N6O2. The van der Waals surface area contributed by atoms with E-state index in [0.717, 1.165) is 11.1 Å². The first kappa shape index (κ1) is 17.4. The monoisotopic (exact) mass is 388 g/mol.